The smallest absolute Gasteiger partial charge is 0.191 e. The fourth-order valence-corrected chi connectivity index (χ4v) is 2.70. The van der Waals surface area contributed by atoms with Crippen molar-refractivity contribution in [3.63, 3.8) is 0 Å². The Hall–Kier alpha value is -0.0800. The van der Waals surface area contributed by atoms with Crippen molar-refractivity contribution in [3.8, 4) is 0 Å². The minimum Gasteiger partial charge on any atom is -0.382 e. The molecule has 0 aromatic rings. The van der Waals surface area contributed by atoms with E-state index in [1.165, 1.54) is 38.5 Å². The molecule has 6 heteroatoms. The predicted molar refractivity (Wildman–Crippen MR) is 108 cm³/mol. The number of aliphatic imine (C=N–C) groups is 1. The summed E-state index contributed by atoms with van der Waals surface area (Å²) in [4.78, 5) is 4.23. The fourth-order valence-electron chi connectivity index (χ4n) is 2.70. The molecule has 0 aromatic heterocycles. The van der Waals surface area contributed by atoms with E-state index in [4.69, 9.17) is 9.47 Å². The summed E-state index contributed by atoms with van der Waals surface area (Å²) in [5.41, 5.74) is 0. The molecule has 0 atom stereocenters. The van der Waals surface area contributed by atoms with Crippen LogP contribution in [0.2, 0.25) is 0 Å². The van der Waals surface area contributed by atoms with E-state index in [1.54, 1.807) is 0 Å². The van der Waals surface area contributed by atoms with E-state index in [1.807, 2.05) is 14.0 Å². The lowest BCUT2D eigenvalue weighted by Crippen LogP contribution is -2.39. The maximum atomic E-state index is 5.97. The number of ether oxygens (including phenoxy) is 2. The summed E-state index contributed by atoms with van der Waals surface area (Å²) in [6.45, 7) is 6.18. The highest BCUT2D eigenvalue weighted by atomic mass is 127. The van der Waals surface area contributed by atoms with Crippen LogP contribution in [0.4, 0.5) is 0 Å². The number of nitrogens with zero attached hydrogens (tertiary/aromatic N) is 1. The number of nitrogens with one attached hydrogen (secondary N) is 2. The Morgan fingerprint density at radius 2 is 1.70 bits per heavy atom. The largest absolute Gasteiger partial charge is 0.382 e. The zero-order valence-electron chi connectivity index (χ0n) is 14.9. The molecule has 2 N–H and O–H groups in total. The van der Waals surface area contributed by atoms with Crippen molar-refractivity contribution in [2.24, 2.45) is 4.99 Å². The van der Waals surface area contributed by atoms with Crippen molar-refractivity contribution in [3.05, 3.63) is 0 Å². The molecule has 1 rings (SSSR count). The van der Waals surface area contributed by atoms with E-state index in [0.717, 1.165) is 51.7 Å². The van der Waals surface area contributed by atoms with E-state index in [2.05, 4.69) is 15.6 Å². The number of hydrogen-bond acceptors (Lipinski definition) is 3. The first-order chi connectivity index (χ1) is 10.9. The van der Waals surface area contributed by atoms with E-state index >= 15 is 0 Å². The predicted octanol–water partition coefficient (Wildman–Crippen LogP) is 3.33. The lowest BCUT2D eigenvalue weighted by Gasteiger charge is -2.16. The molecule has 0 saturated heterocycles. The molecule has 0 unspecified atom stereocenters. The van der Waals surface area contributed by atoms with Crippen molar-refractivity contribution in [2.75, 3.05) is 40.0 Å². The number of guanidine groups is 1. The highest BCUT2D eigenvalue weighted by Crippen LogP contribution is 2.19. The average molecular weight is 441 g/mol. The van der Waals surface area contributed by atoms with Crippen LogP contribution in [0.15, 0.2) is 4.99 Å². The first-order valence-corrected chi connectivity index (χ1v) is 9.00. The second-order valence-corrected chi connectivity index (χ2v) is 5.81. The zero-order valence-corrected chi connectivity index (χ0v) is 17.3. The lowest BCUT2D eigenvalue weighted by atomic mass is 10.1. The molecule has 0 bridgehead atoms. The quantitative estimate of drug-likeness (QED) is 0.180. The third kappa shape index (κ3) is 12.9. The first kappa shape index (κ1) is 22.9. The van der Waals surface area contributed by atoms with Crippen LogP contribution >= 0.6 is 24.0 Å². The van der Waals surface area contributed by atoms with Crippen molar-refractivity contribution < 1.29 is 9.47 Å². The van der Waals surface area contributed by atoms with Gasteiger partial charge >= 0.3 is 0 Å². The van der Waals surface area contributed by atoms with Gasteiger partial charge in [-0.3, -0.25) is 4.99 Å². The Kier molecular flexibility index (Phi) is 16.7. The molecule has 1 saturated carbocycles. The fraction of sp³-hybridized carbons (Fsp3) is 0.941. The van der Waals surface area contributed by atoms with E-state index in [9.17, 15) is 0 Å². The van der Waals surface area contributed by atoms with Gasteiger partial charge in [0.05, 0.1) is 12.7 Å². The van der Waals surface area contributed by atoms with Gasteiger partial charge in [-0.2, -0.15) is 0 Å². The summed E-state index contributed by atoms with van der Waals surface area (Å²) in [6.07, 6.45) is 10.5. The number of hydrogen-bond donors (Lipinski definition) is 2. The van der Waals surface area contributed by atoms with Crippen molar-refractivity contribution in [1.29, 1.82) is 0 Å². The zero-order chi connectivity index (χ0) is 15.9. The van der Waals surface area contributed by atoms with Gasteiger partial charge in [0.1, 0.15) is 0 Å². The third-order valence-electron chi connectivity index (χ3n) is 3.99. The Bertz CT molecular complexity index is 283. The third-order valence-corrected chi connectivity index (χ3v) is 3.99. The molecule has 0 spiro atoms. The normalized spacial score (nSPS) is 16.5. The van der Waals surface area contributed by atoms with Crippen LogP contribution in [0, 0.1) is 0 Å². The summed E-state index contributed by atoms with van der Waals surface area (Å²) in [6, 6.07) is 0. The lowest BCUT2D eigenvalue weighted by molar-refractivity contribution is 0.0468. The second-order valence-electron chi connectivity index (χ2n) is 5.81. The molecule has 0 aliphatic heterocycles. The molecular formula is C17H36IN3O2. The van der Waals surface area contributed by atoms with Crippen molar-refractivity contribution in [2.45, 2.75) is 64.4 Å². The van der Waals surface area contributed by atoms with Gasteiger partial charge in [0.2, 0.25) is 0 Å². The molecule has 1 fully saturated rings. The van der Waals surface area contributed by atoms with E-state index < -0.39 is 0 Å². The monoisotopic (exact) mass is 441 g/mol. The summed E-state index contributed by atoms with van der Waals surface area (Å²) < 4.78 is 11.3. The maximum absolute atomic E-state index is 5.97. The van der Waals surface area contributed by atoms with Gasteiger partial charge in [-0.05, 0) is 32.6 Å². The minimum absolute atomic E-state index is 0. The Morgan fingerprint density at radius 3 is 2.35 bits per heavy atom. The molecule has 1 aliphatic rings. The summed E-state index contributed by atoms with van der Waals surface area (Å²) >= 11 is 0. The summed E-state index contributed by atoms with van der Waals surface area (Å²) in [5.74, 6) is 0.862. The van der Waals surface area contributed by atoms with Crippen LogP contribution in [0.25, 0.3) is 0 Å². The summed E-state index contributed by atoms with van der Waals surface area (Å²) in [5, 5.41) is 6.63. The van der Waals surface area contributed by atoms with Gasteiger partial charge < -0.3 is 20.1 Å². The van der Waals surface area contributed by atoms with Gasteiger partial charge in [0, 0.05) is 33.4 Å². The average Bonchev–Trinajstić information content (AvgIpc) is 2.81. The van der Waals surface area contributed by atoms with Gasteiger partial charge in [-0.1, -0.05) is 25.7 Å². The molecule has 138 valence electrons. The number of unbranched alkanes of at least 4 members (excludes halogenated alkanes) is 1. The van der Waals surface area contributed by atoms with Crippen LogP contribution in [0.3, 0.4) is 0 Å². The maximum Gasteiger partial charge on any atom is 0.191 e. The standard InChI is InChI=1S/C17H35N3O2.HI/c1-3-21-14-9-8-12-19-17(18-2)20-13-15-22-16-10-6-4-5-7-11-16;/h16H,3-15H2,1-2H3,(H2,18,19,20);1H. The first-order valence-electron chi connectivity index (χ1n) is 9.00. The summed E-state index contributed by atoms with van der Waals surface area (Å²) in [7, 11) is 1.81. The molecule has 23 heavy (non-hydrogen) atoms. The van der Waals surface area contributed by atoms with Crippen molar-refractivity contribution in [1.82, 2.24) is 10.6 Å². The van der Waals surface area contributed by atoms with Gasteiger partial charge in [0.25, 0.3) is 0 Å². The molecule has 0 aromatic carbocycles. The van der Waals surface area contributed by atoms with Gasteiger partial charge in [-0.25, -0.2) is 0 Å². The van der Waals surface area contributed by atoms with E-state index in [-0.39, 0.29) is 24.0 Å². The minimum atomic E-state index is 0. The van der Waals surface area contributed by atoms with Crippen LogP contribution in [-0.4, -0.2) is 52.0 Å². The van der Waals surface area contributed by atoms with Crippen LogP contribution < -0.4 is 10.6 Å². The highest BCUT2D eigenvalue weighted by molar-refractivity contribution is 14.0. The van der Waals surface area contributed by atoms with Crippen molar-refractivity contribution >= 4 is 29.9 Å². The van der Waals surface area contributed by atoms with Crippen LogP contribution in [0.1, 0.15) is 58.3 Å². The molecule has 5 nitrogen and oxygen atoms in total. The second kappa shape index (κ2) is 16.8. The molecule has 0 heterocycles. The van der Waals surface area contributed by atoms with Crippen LogP contribution in [-0.2, 0) is 9.47 Å². The van der Waals surface area contributed by atoms with Gasteiger partial charge in [0.15, 0.2) is 5.96 Å². The Morgan fingerprint density at radius 1 is 1.00 bits per heavy atom. The molecule has 1 aliphatic carbocycles. The number of rotatable bonds is 10. The number of halogens is 1. The molecule has 0 radical (unpaired) electrons. The van der Waals surface area contributed by atoms with Crippen LogP contribution in [0.5, 0.6) is 0 Å². The molecular weight excluding hydrogens is 405 g/mol. The highest BCUT2D eigenvalue weighted by Gasteiger charge is 2.11. The SMILES string of the molecule is CCOCCCCNC(=NC)NCCOC1CCCCCC1.I. The Labute approximate surface area is 159 Å². The molecule has 0 amide bonds. The topological polar surface area (TPSA) is 54.9 Å². The van der Waals surface area contributed by atoms with E-state index in [0.29, 0.717) is 6.10 Å². The van der Waals surface area contributed by atoms with Gasteiger partial charge in [-0.15, -0.1) is 24.0 Å². The Balaban J connectivity index is 0.00000484.